The highest BCUT2D eigenvalue weighted by atomic mass is 16.3. The second-order valence-electron chi connectivity index (χ2n) is 4.83. The molecule has 2 aromatic rings. The van der Waals surface area contributed by atoms with Crippen LogP contribution >= 0.6 is 0 Å². The molecule has 3 nitrogen and oxygen atoms in total. The number of pyridine rings is 1. The Morgan fingerprint density at radius 2 is 1.90 bits per heavy atom. The van der Waals surface area contributed by atoms with Gasteiger partial charge in [-0.3, -0.25) is 4.98 Å². The molecule has 1 aromatic heterocycles. The zero-order valence-electron chi connectivity index (χ0n) is 11.7. The van der Waals surface area contributed by atoms with E-state index in [1.54, 1.807) is 12.4 Å². The second-order valence-corrected chi connectivity index (χ2v) is 4.83. The van der Waals surface area contributed by atoms with Crippen LogP contribution in [0.1, 0.15) is 24.2 Å². The smallest absolute Gasteiger partial charge is 0.0915 e. The summed E-state index contributed by atoms with van der Waals surface area (Å²) in [5, 5.41) is 13.3. The zero-order chi connectivity index (χ0) is 14.2. The van der Waals surface area contributed by atoms with Crippen molar-refractivity contribution in [1.82, 2.24) is 10.3 Å². The molecule has 0 aliphatic rings. The van der Waals surface area contributed by atoms with Gasteiger partial charge in [-0.15, -0.1) is 0 Å². The molecule has 1 atom stereocenters. The van der Waals surface area contributed by atoms with E-state index in [4.69, 9.17) is 0 Å². The lowest BCUT2D eigenvalue weighted by Crippen LogP contribution is -2.23. The van der Waals surface area contributed by atoms with E-state index in [0.29, 0.717) is 6.54 Å². The van der Waals surface area contributed by atoms with Crippen molar-refractivity contribution >= 4 is 6.08 Å². The molecule has 0 aliphatic heterocycles. The summed E-state index contributed by atoms with van der Waals surface area (Å²) in [7, 11) is 0. The normalized spacial score (nSPS) is 13.2. The molecule has 0 fully saturated rings. The minimum atomic E-state index is -0.498. The van der Waals surface area contributed by atoms with Crippen LogP contribution in [-0.4, -0.2) is 23.2 Å². The van der Waals surface area contributed by atoms with E-state index in [1.807, 2.05) is 30.3 Å². The number of rotatable bonds is 6. The largest absolute Gasteiger partial charge is 0.387 e. The molecule has 0 amide bonds. The number of benzene rings is 1. The summed E-state index contributed by atoms with van der Waals surface area (Å²) in [5.41, 5.74) is 3.32. The molecule has 0 radical (unpaired) electrons. The Labute approximate surface area is 120 Å². The van der Waals surface area contributed by atoms with Crippen LogP contribution in [0.15, 0.2) is 60.4 Å². The van der Waals surface area contributed by atoms with Crippen LogP contribution < -0.4 is 5.32 Å². The summed E-state index contributed by atoms with van der Waals surface area (Å²) in [4.78, 5) is 3.94. The van der Waals surface area contributed by atoms with Crippen LogP contribution in [0.25, 0.3) is 6.08 Å². The van der Waals surface area contributed by atoms with Gasteiger partial charge >= 0.3 is 0 Å². The van der Waals surface area contributed by atoms with Crippen molar-refractivity contribution < 1.29 is 5.11 Å². The quantitative estimate of drug-likeness (QED) is 0.846. The van der Waals surface area contributed by atoms with Crippen molar-refractivity contribution in [3.05, 3.63) is 71.6 Å². The Morgan fingerprint density at radius 3 is 2.60 bits per heavy atom. The first-order valence-corrected chi connectivity index (χ1v) is 6.76. The van der Waals surface area contributed by atoms with Gasteiger partial charge < -0.3 is 10.4 Å². The maximum absolute atomic E-state index is 10.0. The number of aliphatic hydroxyl groups is 1. The lowest BCUT2D eigenvalue weighted by Gasteiger charge is -2.12. The predicted molar refractivity (Wildman–Crippen MR) is 82.2 cm³/mol. The lowest BCUT2D eigenvalue weighted by molar-refractivity contribution is 0.176. The highest BCUT2D eigenvalue weighted by molar-refractivity contribution is 5.52. The van der Waals surface area contributed by atoms with Gasteiger partial charge in [-0.2, -0.15) is 0 Å². The highest BCUT2D eigenvalue weighted by Crippen LogP contribution is 2.10. The Kier molecular flexibility index (Phi) is 5.47. The summed E-state index contributed by atoms with van der Waals surface area (Å²) in [6.07, 6.45) is 5.03. The number of hydrogen-bond acceptors (Lipinski definition) is 3. The third-order valence-corrected chi connectivity index (χ3v) is 3.05. The van der Waals surface area contributed by atoms with E-state index in [-0.39, 0.29) is 0 Å². The summed E-state index contributed by atoms with van der Waals surface area (Å²) in [6, 6.07) is 13.9. The van der Waals surface area contributed by atoms with Gasteiger partial charge in [0.05, 0.1) is 6.10 Å². The first kappa shape index (κ1) is 14.4. The molecule has 2 N–H and O–H groups in total. The Hall–Kier alpha value is -1.97. The topological polar surface area (TPSA) is 45.1 Å². The molecule has 104 valence electrons. The summed E-state index contributed by atoms with van der Waals surface area (Å²) >= 11 is 0. The van der Waals surface area contributed by atoms with Crippen molar-refractivity contribution in [3.8, 4) is 0 Å². The van der Waals surface area contributed by atoms with Crippen molar-refractivity contribution in [2.75, 3.05) is 13.1 Å². The minimum Gasteiger partial charge on any atom is -0.387 e. The van der Waals surface area contributed by atoms with Gasteiger partial charge in [0.15, 0.2) is 0 Å². The van der Waals surface area contributed by atoms with Gasteiger partial charge in [0.25, 0.3) is 0 Å². The fourth-order valence-corrected chi connectivity index (χ4v) is 1.99. The van der Waals surface area contributed by atoms with Gasteiger partial charge in [0, 0.05) is 25.5 Å². The van der Waals surface area contributed by atoms with Crippen molar-refractivity contribution in [3.63, 3.8) is 0 Å². The molecule has 1 aromatic carbocycles. The summed E-state index contributed by atoms with van der Waals surface area (Å²) in [5.74, 6) is 0. The number of nitrogens with one attached hydrogen (secondary N) is 1. The molecule has 0 bridgehead atoms. The number of aliphatic hydroxyl groups excluding tert-OH is 1. The Bertz CT molecular complexity index is 537. The van der Waals surface area contributed by atoms with E-state index < -0.39 is 6.10 Å². The van der Waals surface area contributed by atoms with Crippen LogP contribution in [0.3, 0.4) is 0 Å². The van der Waals surface area contributed by atoms with E-state index >= 15 is 0 Å². The van der Waals surface area contributed by atoms with Crippen molar-refractivity contribution in [2.45, 2.75) is 13.0 Å². The fourth-order valence-electron chi connectivity index (χ4n) is 1.99. The van der Waals surface area contributed by atoms with E-state index in [9.17, 15) is 5.11 Å². The molecule has 1 unspecified atom stereocenters. The van der Waals surface area contributed by atoms with Crippen LogP contribution in [0, 0.1) is 0 Å². The molecular formula is C17H20N2O. The first-order valence-electron chi connectivity index (χ1n) is 6.76. The molecule has 20 heavy (non-hydrogen) atoms. The fraction of sp³-hybridized carbons (Fsp3) is 0.235. The molecule has 1 heterocycles. The van der Waals surface area contributed by atoms with Gasteiger partial charge in [-0.25, -0.2) is 0 Å². The van der Waals surface area contributed by atoms with Crippen LogP contribution in [-0.2, 0) is 0 Å². The van der Waals surface area contributed by atoms with Crippen LogP contribution in [0.5, 0.6) is 0 Å². The molecule has 0 spiro atoms. The number of nitrogens with zero attached hydrogens (tertiary/aromatic N) is 1. The first-order chi connectivity index (χ1) is 9.75. The van der Waals surface area contributed by atoms with E-state index in [0.717, 1.165) is 12.1 Å². The molecule has 0 saturated heterocycles. The van der Waals surface area contributed by atoms with E-state index in [1.165, 1.54) is 11.1 Å². The van der Waals surface area contributed by atoms with Gasteiger partial charge in [-0.1, -0.05) is 42.0 Å². The average molecular weight is 268 g/mol. The zero-order valence-corrected chi connectivity index (χ0v) is 11.7. The van der Waals surface area contributed by atoms with Gasteiger partial charge in [-0.05, 0) is 30.2 Å². The van der Waals surface area contributed by atoms with E-state index in [2.05, 4.69) is 35.4 Å². The third kappa shape index (κ3) is 4.61. The average Bonchev–Trinajstić information content (AvgIpc) is 2.49. The summed E-state index contributed by atoms with van der Waals surface area (Å²) in [6.45, 7) is 3.37. The minimum absolute atomic E-state index is 0.498. The molecule has 0 saturated carbocycles. The van der Waals surface area contributed by atoms with Gasteiger partial charge in [0.1, 0.15) is 0 Å². The second kappa shape index (κ2) is 7.58. The molecule has 0 aliphatic carbocycles. The SMILES string of the molecule is C/C(=C/c1ccccc1)CNCC(O)c1ccncc1. The monoisotopic (exact) mass is 268 g/mol. The van der Waals surface area contributed by atoms with Crippen LogP contribution in [0.2, 0.25) is 0 Å². The Balaban J connectivity index is 1.80. The molecule has 2 rings (SSSR count). The van der Waals surface area contributed by atoms with Crippen LogP contribution in [0.4, 0.5) is 0 Å². The molecule has 3 heteroatoms. The predicted octanol–water partition coefficient (Wildman–Crippen LogP) is 2.81. The van der Waals surface area contributed by atoms with Crippen molar-refractivity contribution in [1.29, 1.82) is 0 Å². The number of hydrogen-bond donors (Lipinski definition) is 2. The number of aromatic nitrogens is 1. The lowest BCUT2D eigenvalue weighted by atomic mass is 10.1. The van der Waals surface area contributed by atoms with Crippen molar-refractivity contribution in [2.24, 2.45) is 0 Å². The third-order valence-electron chi connectivity index (χ3n) is 3.05. The summed E-state index contributed by atoms with van der Waals surface area (Å²) < 4.78 is 0. The van der Waals surface area contributed by atoms with Gasteiger partial charge in [0.2, 0.25) is 0 Å². The maximum Gasteiger partial charge on any atom is 0.0915 e. The maximum atomic E-state index is 10.0. The Morgan fingerprint density at radius 1 is 1.20 bits per heavy atom. The standard InChI is InChI=1S/C17H20N2O/c1-14(11-15-5-3-2-4-6-15)12-19-13-17(20)16-7-9-18-10-8-16/h2-11,17,19-20H,12-13H2,1H3/b14-11-. The highest BCUT2D eigenvalue weighted by Gasteiger charge is 2.05. The molecular weight excluding hydrogens is 248 g/mol.